The zero-order chi connectivity index (χ0) is 12.4. The van der Waals surface area contributed by atoms with E-state index in [2.05, 4.69) is 4.98 Å². The average molecular weight is 271 g/mol. The number of aliphatic carboxylic acids is 1. The standard InChI is InChI=1S/C9H6N2O4S2/c12-8(13)4-16-9-10-6-2-1-5(11(14)15)3-7(6)17-9/h1-3H,4H2,(H-,12,13,14,15)/p+1. The van der Waals surface area contributed by atoms with Gasteiger partial charge >= 0.3 is 11.7 Å². The van der Waals surface area contributed by atoms with Gasteiger partial charge in [-0.1, -0.05) is 11.8 Å². The first-order valence-corrected chi connectivity index (χ1v) is 6.28. The molecule has 2 N–H and O–H groups in total. The quantitative estimate of drug-likeness (QED) is 0.655. The zero-order valence-corrected chi connectivity index (χ0v) is 9.99. The first-order chi connectivity index (χ1) is 8.06. The predicted molar refractivity (Wildman–Crippen MR) is 63.1 cm³/mol. The molecule has 0 aliphatic rings. The molecule has 17 heavy (non-hydrogen) atoms. The first-order valence-electron chi connectivity index (χ1n) is 4.47. The van der Waals surface area contributed by atoms with E-state index in [4.69, 9.17) is 10.3 Å². The molecule has 8 heteroatoms. The molecule has 2 aromatic rings. The van der Waals surface area contributed by atoms with Gasteiger partial charge in [-0.25, -0.2) is 10.2 Å². The maximum Gasteiger partial charge on any atom is 0.318 e. The molecule has 1 aromatic carbocycles. The minimum absolute atomic E-state index is 0.0552. The summed E-state index contributed by atoms with van der Waals surface area (Å²) in [5.74, 6) is -0.962. The number of carboxylic acid groups (broad SMARTS) is 1. The van der Waals surface area contributed by atoms with Crippen LogP contribution in [0.3, 0.4) is 0 Å². The van der Waals surface area contributed by atoms with E-state index in [0.717, 1.165) is 16.5 Å². The van der Waals surface area contributed by atoms with Gasteiger partial charge in [-0.2, -0.15) is 0 Å². The van der Waals surface area contributed by atoms with Crippen LogP contribution in [0, 0.1) is 4.91 Å². The molecule has 2 rings (SSSR count). The minimum atomic E-state index is -0.906. The van der Waals surface area contributed by atoms with Gasteiger partial charge in [-0.3, -0.25) is 4.79 Å². The lowest BCUT2D eigenvalue weighted by atomic mass is 10.3. The lowest BCUT2D eigenvalue weighted by Gasteiger charge is -1.88. The highest BCUT2D eigenvalue weighted by atomic mass is 32.2. The summed E-state index contributed by atoms with van der Waals surface area (Å²) >= 11 is 2.40. The molecular weight excluding hydrogens is 264 g/mol. The molecule has 0 unspecified atom stereocenters. The fourth-order valence-electron chi connectivity index (χ4n) is 1.20. The van der Waals surface area contributed by atoms with Crippen LogP contribution < -0.4 is 0 Å². The number of carboxylic acids is 1. The van der Waals surface area contributed by atoms with Crippen LogP contribution in [-0.2, 0) is 4.79 Å². The molecule has 0 aliphatic heterocycles. The summed E-state index contributed by atoms with van der Waals surface area (Å²) in [4.78, 5) is 25.1. The fourth-order valence-corrected chi connectivity index (χ4v) is 3.02. The Morgan fingerprint density at radius 2 is 2.29 bits per heavy atom. The van der Waals surface area contributed by atoms with Crippen molar-refractivity contribution in [3.63, 3.8) is 0 Å². The zero-order valence-electron chi connectivity index (χ0n) is 8.36. The third-order valence-corrected chi connectivity index (χ3v) is 4.04. The molecule has 0 radical (unpaired) electrons. The molecular formula is C9H7N2O4S2+. The summed E-state index contributed by atoms with van der Waals surface area (Å²) < 4.78 is 1.35. The van der Waals surface area contributed by atoms with E-state index in [-0.39, 0.29) is 16.4 Å². The normalized spacial score (nSPS) is 10.6. The summed E-state index contributed by atoms with van der Waals surface area (Å²) in [5.41, 5.74) is 0.796. The molecule has 6 nitrogen and oxygen atoms in total. The molecule has 1 heterocycles. The fraction of sp³-hybridized carbons (Fsp3) is 0.111. The van der Waals surface area contributed by atoms with Crippen molar-refractivity contribution >= 4 is 45.0 Å². The van der Waals surface area contributed by atoms with Crippen LogP contribution in [0.25, 0.3) is 10.2 Å². The summed E-state index contributed by atoms with van der Waals surface area (Å²) in [7, 11) is 0. The Bertz CT molecular complexity index is 596. The summed E-state index contributed by atoms with van der Waals surface area (Å²) in [6, 6.07) is 4.55. The highest BCUT2D eigenvalue weighted by Crippen LogP contribution is 2.31. The highest BCUT2D eigenvalue weighted by molar-refractivity contribution is 8.01. The van der Waals surface area contributed by atoms with Gasteiger partial charge in [0.2, 0.25) is 0 Å². The van der Waals surface area contributed by atoms with Crippen molar-refractivity contribution in [3.05, 3.63) is 23.1 Å². The predicted octanol–water partition coefficient (Wildman–Crippen LogP) is 2.27. The molecule has 88 valence electrons. The van der Waals surface area contributed by atoms with Gasteiger partial charge < -0.3 is 5.11 Å². The first kappa shape index (κ1) is 11.8. The van der Waals surface area contributed by atoms with E-state index >= 15 is 0 Å². The highest BCUT2D eigenvalue weighted by Gasteiger charge is 2.14. The van der Waals surface area contributed by atoms with E-state index in [1.54, 1.807) is 6.07 Å². The smallest absolute Gasteiger partial charge is 0.318 e. The maximum absolute atomic E-state index is 10.7. The summed E-state index contributed by atoms with van der Waals surface area (Å²) in [6.07, 6.45) is 0. The van der Waals surface area contributed by atoms with E-state index in [9.17, 15) is 9.70 Å². The largest absolute Gasteiger partial charge is 0.481 e. The number of carbonyl (C=O) groups is 1. The Morgan fingerprint density at radius 1 is 1.53 bits per heavy atom. The van der Waals surface area contributed by atoms with Crippen LogP contribution >= 0.6 is 23.1 Å². The molecule has 0 saturated heterocycles. The monoisotopic (exact) mass is 271 g/mol. The van der Waals surface area contributed by atoms with Crippen molar-refractivity contribution in [2.24, 2.45) is 0 Å². The molecule has 0 amide bonds. The number of fused-ring (bicyclic) bond motifs is 1. The Balaban J connectivity index is 2.30. The summed E-state index contributed by atoms with van der Waals surface area (Å²) in [6.45, 7) is 0. The molecule has 0 fully saturated rings. The van der Waals surface area contributed by atoms with Gasteiger partial charge in [-0.15, -0.1) is 11.3 Å². The lowest BCUT2D eigenvalue weighted by Crippen LogP contribution is -1.96. The van der Waals surface area contributed by atoms with Gasteiger partial charge in [0.05, 0.1) is 20.9 Å². The number of aromatic nitrogens is 1. The van der Waals surface area contributed by atoms with Crippen LogP contribution in [0.5, 0.6) is 0 Å². The van der Waals surface area contributed by atoms with Gasteiger partial charge in [0.15, 0.2) is 4.34 Å². The van der Waals surface area contributed by atoms with Gasteiger partial charge in [0.25, 0.3) is 4.92 Å². The molecule has 0 aliphatic carbocycles. The summed E-state index contributed by atoms with van der Waals surface area (Å²) in [5, 5.41) is 17.3. The van der Waals surface area contributed by atoms with Gasteiger partial charge in [-0.05, 0) is 6.07 Å². The van der Waals surface area contributed by atoms with Crippen LogP contribution in [-0.4, -0.2) is 31.9 Å². The van der Waals surface area contributed by atoms with E-state index in [0.29, 0.717) is 9.86 Å². The Morgan fingerprint density at radius 3 is 2.94 bits per heavy atom. The second kappa shape index (κ2) is 4.68. The van der Waals surface area contributed by atoms with Crippen molar-refractivity contribution in [3.8, 4) is 0 Å². The number of hydrogen-bond acceptors (Lipinski definition) is 5. The molecule has 1 aromatic heterocycles. The number of nitrogens with zero attached hydrogens (tertiary/aromatic N) is 2. The van der Waals surface area contributed by atoms with Crippen LogP contribution in [0.2, 0.25) is 0 Å². The van der Waals surface area contributed by atoms with E-state index in [1.165, 1.54) is 23.5 Å². The second-order valence-electron chi connectivity index (χ2n) is 3.09. The van der Waals surface area contributed by atoms with Gasteiger partial charge in [0.1, 0.15) is 0 Å². The topological polar surface area (TPSA) is 90.5 Å². The SMILES string of the molecule is O=C(O)CSc1nc2ccc([N+](=O)O)cc2s1. The number of thiazole rings is 1. The van der Waals surface area contributed by atoms with Crippen molar-refractivity contribution in [2.45, 2.75) is 4.34 Å². The van der Waals surface area contributed by atoms with E-state index in [1.807, 2.05) is 0 Å². The Labute approximate surface area is 103 Å². The van der Waals surface area contributed by atoms with Crippen LogP contribution in [0.4, 0.5) is 5.69 Å². The third kappa shape index (κ3) is 2.71. The minimum Gasteiger partial charge on any atom is -0.481 e. The van der Waals surface area contributed by atoms with Crippen LogP contribution in [0.15, 0.2) is 22.5 Å². The van der Waals surface area contributed by atoms with Crippen LogP contribution in [0.1, 0.15) is 0 Å². The average Bonchev–Trinajstić information content (AvgIpc) is 2.67. The second-order valence-corrected chi connectivity index (χ2v) is 5.34. The van der Waals surface area contributed by atoms with Crippen molar-refractivity contribution in [1.29, 1.82) is 0 Å². The van der Waals surface area contributed by atoms with Gasteiger partial charge in [0, 0.05) is 12.1 Å². The number of rotatable bonds is 4. The van der Waals surface area contributed by atoms with Crippen molar-refractivity contribution in [1.82, 2.24) is 4.98 Å². The molecule has 0 spiro atoms. The molecule has 0 atom stereocenters. The molecule has 0 saturated carbocycles. The lowest BCUT2D eigenvalue weighted by molar-refractivity contribution is -0.729. The Hall–Kier alpha value is -1.67. The third-order valence-electron chi connectivity index (χ3n) is 1.89. The number of benzene rings is 1. The van der Waals surface area contributed by atoms with Crippen molar-refractivity contribution < 1.29 is 20.0 Å². The maximum atomic E-state index is 10.7. The van der Waals surface area contributed by atoms with E-state index < -0.39 is 5.97 Å². The van der Waals surface area contributed by atoms with Crippen molar-refractivity contribution in [2.75, 3.05) is 5.75 Å². The number of hydrogen-bond donors (Lipinski definition) is 2. The Kier molecular flexibility index (Phi) is 3.25. The number of thioether (sulfide) groups is 1. The molecule has 0 bridgehead atoms.